The number of benzene rings is 2. The van der Waals surface area contributed by atoms with Crippen LogP contribution in [0.1, 0.15) is 17.5 Å². The molecule has 2 aromatic carbocycles. The minimum absolute atomic E-state index is 0.0355. The van der Waals surface area contributed by atoms with E-state index in [4.69, 9.17) is 4.74 Å². The van der Waals surface area contributed by atoms with E-state index in [0.717, 1.165) is 16.9 Å². The Morgan fingerprint density at radius 2 is 1.89 bits per heavy atom. The second-order valence-electron chi connectivity index (χ2n) is 7.34. The standard InChI is InChI=1S/C22H28N2O4/c1-28-19-9-7-18(8-10-19)14-23-15-22(27)16-24(12-11-20(22)25)21(26)13-17-5-3-2-4-6-17/h2-10,20,23,25,27H,11-16H2,1H3/t20-,22+/m0/s1. The molecule has 1 fully saturated rings. The molecular formula is C22H28N2O4. The molecule has 1 amide bonds. The normalized spacial score (nSPS) is 22.1. The molecule has 1 aliphatic heterocycles. The number of carbonyl (C=O) groups is 1. The number of piperidine rings is 1. The zero-order valence-corrected chi connectivity index (χ0v) is 16.2. The number of likely N-dealkylation sites (tertiary alicyclic amines) is 1. The van der Waals surface area contributed by atoms with Gasteiger partial charge in [-0.25, -0.2) is 0 Å². The van der Waals surface area contributed by atoms with E-state index in [9.17, 15) is 15.0 Å². The Kier molecular flexibility index (Phi) is 6.67. The summed E-state index contributed by atoms with van der Waals surface area (Å²) in [6.07, 6.45) is -0.204. The predicted octanol–water partition coefficient (Wildman–Crippen LogP) is 1.35. The molecular weight excluding hydrogens is 356 g/mol. The molecule has 0 saturated carbocycles. The number of aliphatic hydroxyl groups is 2. The number of amides is 1. The SMILES string of the molecule is COc1ccc(CNC[C@@]2(O)CN(C(=O)Cc3ccccc3)CC[C@@H]2O)cc1. The zero-order valence-electron chi connectivity index (χ0n) is 16.2. The summed E-state index contributed by atoms with van der Waals surface area (Å²) in [6.45, 7) is 1.33. The molecule has 1 heterocycles. The van der Waals surface area contributed by atoms with Gasteiger partial charge in [-0.3, -0.25) is 4.79 Å². The molecule has 3 rings (SSSR count). The van der Waals surface area contributed by atoms with Crippen molar-refractivity contribution in [1.82, 2.24) is 10.2 Å². The highest BCUT2D eigenvalue weighted by atomic mass is 16.5. The van der Waals surface area contributed by atoms with Crippen molar-refractivity contribution in [3.8, 4) is 5.75 Å². The molecule has 0 unspecified atom stereocenters. The van der Waals surface area contributed by atoms with Crippen LogP contribution in [-0.2, 0) is 17.8 Å². The van der Waals surface area contributed by atoms with Crippen molar-refractivity contribution in [2.75, 3.05) is 26.7 Å². The number of hydrogen-bond donors (Lipinski definition) is 3. The second kappa shape index (κ2) is 9.19. The third kappa shape index (κ3) is 5.10. The van der Waals surface area contributed by atoms with Crippen LogP contribution in [-0.4, -0.2) is 59.5 Å². The topological polar surface area (TPSA) is 82.0 Å². The lowest BCUT2D eigenvalue weighted by molar-refractivity contribution is -0.150. The molecule has 28 heavy (non-hydrogen) atoms. The summed E-state index contributed by atoms with van der Waals surface area (Å²) in [5.74, 6) is 0.754. The molecule has 1 aliphatic rings. The van der Waals surface area contributed by atoms with Crippen LogP contribution in [0.15, 0.2) is 54.6 Å². The van der Waals surface area contributed by atoms with Crippen LogP contribution in [0.25, 0.3) is 0 Å². The van der Waals surface area contributed by atoms with Crippen LogP contribution in [0, 0.1) is 0 Å². The average molecular weight is 384 g/mol. The van der Waals surface area contributed by atoms with E-state index in [1.807, 2.05) is 54.6 Å². The van der Waals surface area contributed by atoms with E-state index >= 15 is 0 Å². The number of rotatable bonds is 7. The minimum Gasteiger partial charge on any atom is -0.497 e. The number of nitrogens with zero attached hydrogens (tertiary/aromatic N) is 1. The first-order valence-corrected chi connectivity index (χ1v) is 9.56. The van der Waals surface area contributed by atoms with Gasteiger partial charge in [0.1, 0.15) is 11.4 Å². The Labute approximate surface area is 165 Å². The van der Waals surface area contributed by atoms with E-state index in [-0.39, 0.29) is 19.0 Å². The van der Waals surface area contributed by atoms with Crippen LogP contribution in [0.3, 0.4) is 0 Å². The summed E-state index contributed by atoms with van der Waals surface area (Å²) in [7, 11) is 1.62. The Morgan fingerprint density at radius 1 is 1.18 bits per heavy atom. The Balaban J connectivity index is 1.55. The highest BCUT2D eigenvalue weighted by molar-refractivity contribution is 5.79. The summed E-state index contributed by atoms with van der Waals surface area (Å²) < 4.78 is 5.14. The number of β-amino-alcohol motifs (C(OH)–C–C–N with tert-alkyl or cyclic N) is 1. The lowest BCUT2D eigenvalue weighted by Crippen LogP contribution is -2.62. The van der Waals surface area contributed by atoms with E-state index in [1.165, 1.54) is 0 Å². The number of ether oxygens (including phenoxy) is 1. The minimum atomic E-state index is -1.36. The van der Waals surface area contributed by atoms with Crippen LogP contribution >= 0.6 is 0 Å². The van der Waals surface area contributed by atoms with Crippen LogP contribution in [0.5, 0.6) is 5.75 Å². The summed E-state index contributed by atoms with van der Waals surface area (Å²) in [5.41, 5.74) is 0.628. The Bertz CT molecular complexity index is 766. The molecule has 2 aromatic rings. The van der Waals surface area contributed by atoms with E-state index in [0.29, 0.717) is 25.9 Å². The smallest absolute Gasteiger partial charge is 0.227 e. The van der Waals surface area contributed by atoms with Gasteiger partial charge in [-0.1, -0.05) is 42.5 Å². The number of nitrogens with one attached hydrogen (secondary N) is 1. The molecule has 2 atom stereocenters. The number of methoxy groups -OCH3 is 1. The van der Waals surface area contributed by atoms with Gasteiger partial charge < -0.3 is 25.2 Å². The predicted molar refractivity (Wildman–Crippen MR) is 107 cm³/mol. The molecule has 0 bridgehead atoms. The van der Waals surface area contributed by atoms with Crippen molar-refractivity contribution in [2.24, 2.45) is 0 Å². The molecule has 0 aromatic heterocycles. The lowest BCUT2D eigenvalue weighted by atomic mass is 9.89. The Hall–Kier alpha value is -2.41. The van der Waals surface area contributed by atoms with Crippen molar-refractivity contribution in [2.45, 2.75) is 31.1 Å². The summed E-state index contributed by atoms with van der Waals surface area (Å²) >= 11 is 0. The van der Waals surface area contributed by atoms with Gasteiger partial charge in [0.25, 0.3) is 0 Å². The van der Waals surface area contributed by atoms with Crippen LogP contribution in [0.4, 0.5) is 0 Å². The van der Waals surface area contributed by atoms with Gasteiger partial charge in [0, 0.05) is 19.6 Å². The van der Waals surface area contributed by atoms with Gasteiger partial charge in [-0.15, -0.1) is 0 Å². The van der Waals surface area contributed by atoms with Gasteiger partial charge in [0.15, 0.2) is 0 Å². The highest BCUT2D eigenvalue weighted by Crippen LogP contribution is 2.22. The van der Waals surface area contributed by atoms with Gasteiger partial charge in [0.05, 0.1) is 26.2 Å². The number of hydrogen-bond acceptors (Lipinski definition) is 5. The van der Waals surface area contributed by atoms with E-state index < -0.39 is 11.7 Å². The van der Waals surface area contributed by atoms with Crippen molar-refractivity contribution < 1.29 is 19.7 Å². The maximum Gasteiger partial charge on any atom is 0.227 e. The molecule has 6 heteroatoms. The molecule has 0 radical (unpaired) electrons. The maximum atomic E-state index is 12.6. The first-order chi connectivity index (χ1) is 13.5. The van der Waals surface area contributed by atoms with Gasteiger partial charge in [0.2, 0.25) is 5.91 Å². The van der Waals surface area contributed by atoms with Gasteiger partial charge >= 0.3 is 0 Å². The lowest BCUT2D eigenvalue weighted by Gasteiger charge is -2.43. The highest BCUT2D eigenvalue weighted by Gasteiger charge is 2.42. The second-order valence-corrected chi connectivity index (χ2v) is 7.34. The maximum absolute atomic E-state index is 12.6. The van der Waals surface area contributed by atoms with Crippen molar-refractivity contribution in [3.63, 3.8) is 0 Å². The monoisotopic (exact) mass is 384 g/mol. The van der Waals surface area contributed by atoms with Crippen molar-refractivity contribution in [3.05, 3.63) is 65.7 Å². The number of carbonyl (C=O) groups excluding carboxylic acids is 1. The molecule has 0 spiro atoms. The summed E-state index contributed by atoms with van der Waals surface area (Å²) in [5, 5.41) is 24.5. The van der Waals surface area contributed by atoms with Crippen LogP contribution < -0.4 is 10.1 Å². The molecule has 1 saturated heterocycles. The van der Waals surface area contributed by atoms with E-state index in [2.05, 4.69) is 5.32 Å². The fourth-order valence-corrected chi connectivity index (χ4v) is 3.50. The molecule has 6 nitrogen and oxygen atoms in total. The first-order valence-electron chi connectivity index (χ1n) is 9.56. The van der Waals surface area contributed by atoms with Crippen molar-refractivity contribution in [1.29, 1.82) is 0 Å². The third-order valence-corrected chi connectivity index (χ3v) is 5.23. The fraction of sp³-hybridized carbons (Fsp3) is 0.409. The van der Waals surface area contributed by atoms with Crippen molar-refractivity contribution >= 4 is 5.91 Å². The molecule has 150 valence electrons. The van der Waals surface area contributed by atoms with Gasteiger partial charge in [-0.05, 0) is 29.7 Å². The summed E-state index contributed by atoms with van der Waals surface area (Å²) in [6, 6.07) is 17.2. The largest absolute Gasteiger partial charge is 0.497 e. The van der Waals surface area contributed by atoms with Gasteiger partial charge in [-0.2, -0.15) is 0 Å². The Morgan fingerprint density at radius 3 is 2.57 bits per heavy atom. The quantitative estimate of drug-likeness (QED) is 0.671. The van der Waals surface area contributed by atoms with Crippen LogP contribution in [0.2, 0.25) is 0 Å². The third-order valence-electron chi connectivity index (χ3n) is 5.23. The first kappa shape index (κ1) is 20.3. The van der Waals surface area contributed by atoms with E-state index in [1.54, 1.807) is 12.0 Å². The average Bonchev–Trinajstić information content (AvgIpc) is 2.71. The molecule has 3 N–H and O–H groups in total. The number of aliphatic hydroxyl groups excluding tert-OH is 1. The summed E-state index contributed by atoms with van der Waals surface area (Å²) in [4.78, 5) is 14.3. The molecule has 0 aliphatic carbocycles. The fourth-order valence-electron chi connectivity index (χ4n) is 3.50. The zero-order chi connectivity index (χ0) is 20.0.